The zero-order valence-electron chi connectivity index (χ0n) is 16.9. The van der Waals surface area contributed by atoms with Crippen molar-refractivity contribution in [1.82, 2.24) is 0 Å². The zero-order valence-corrected chi connectivity index (χ0v) is 18.9. The van der Waals surface area contributed by atoms with Crippen LogP contribution in [-0.2, 0) is 13.6 Å². The molecule has 0 amide bonds. The fourth-order valence-corrected chi connectivity index (χ4v) is 3.50. The van der Waals surface area contributed by atoms with Gasteiger partial charge in [0.1, 0.15) is 5.76 Å². The Labute approximate surface area is 150 Å². The summed E-state index contributed by atoms with van der Waals surface area (Å²) in [5.41, 5.74) is 0. The fourth-order valence-electron chi connectivity index (χ4n) is 1.96. The molecule has 0 rings (SSSR count). The predicted molar refractivity (Wildman–Crippen MR) is 105 cm³/mol. The summed E-state index contributed by atoms with van der Waals surface area (Å²) in [5, 5.41) is 0. The van der Waals surface area contributed by atoms with Gasteiger partial charge in [0.25, 0.3) is 0 Å². The summed E-state index contributed by atoms with van der Waals surface area (Å²) < 4.78 is 32.2. The van der Waals surface area contributed by atoms with Crippen molar-refractivity contribution in [2.24, 2.45) is 0 Å². The Bertz CT molecular complexity index is 421. The maximum absolute atomic E-state index is 15.0. The van der Waals surface area contributed by atoms with Gasteiger partial charge < -0.3 is 13.6 Å². The van der Waals surface area contributed by atoms with E-state index in [0.717, 1.165) is 19.3 Å². The van der Waals surface area contributed by atoms with Crippen molar-refractivity contribution in [2.75, 3.05) is 6.61 Å². The van der Waals surface area contributed by atoms with Gasteiger partial charge in [-0.3, -0.25) is 0 Å². The lowest BCUT2D eigenvalue weighted by Crippen LogP contribution is -2.28. The number of hydrogen-bond donors (Lipinski definition) is 0. The lowest BCUT2D eigenvalue weighted by Gasteiger charge is -2.25. The Morgan fingerprint density at radius 1 is 0.875 bits per heavy atom. The minimum Gasteiger partial charge on any atom is -0.542 e. The molecule has 0 aliphatic carbocycles. The second-order valence-electron chi connectivity index (χ2n) is 7.88. The smallest absolute Gasteiger partial charge is 0.306 e. The van der Waals surface area contributed by atoms with Crippen LogP contribution >= 0.6 is 0 Å². The average molecular weight is 377 g/mol. The second kappa shape index (κ2) is 11.0. The van der Waals surface area contributed by atoms with Gasteiger partial charge in [-0.05, 0) is 65.1 Å². The normalized spacial score (nSPS) is 14.3. The van der Waals surface area contributed by atoms with Gasteiger partial charge in [-0.25, -0.2) is 0 Å². The van der Waals surface area contributed by atoms with E-state index in [9.17, 15) is 0 Å². The molecular formula is C18H37FO3Si2. The molecule has 0 aromatic carbocycles. The van der Waals surface area contributed by atoms with E-state index in [0.29, 0.717) is 6.61 Å². The quantitative estimate of drug-likeness (QED) is 0.164. The molecule has 0 bridgehead atoms. The number of ether oxygens (including phenoxy) is 1. The zero-order chi connectivity index (χ0) is 18.8. The lowest BCUT2D eigenvalue weighted by molar-refractivity contribution is 0.0984. The summed E-state index contributed by atoms with van der Waals surface area (Å²) >= 11 is 0. The van der Waals surface area contributed by atoms with Gasteiger partial charge in [-0.15, -0.1) is 0 Å². The summed E-state index contributed by atoms with van der Waals surface area (Å²) in [5.74, 6) is -0.237. The topological polar surface area (TPSA) is 27.7 Å². The van der Waals surface area contributed by atoms with Crippen LogP contribution in [0.1, 0.15) is 46.0 Å². The van der Waals surface area contributed by atoms with Gasteiger partial charge in [0.15, 0.2) is 0 Å². The lowest BCUT2D eigenvalue weighted by atomic mass is 10.1. The molecule has 0 N–H and O–H groups in total. The summed E-state index contributed by atoms with van der Waals surface area (Å²) in [7, 11) is -3.90. The first-order valence-corrected chi connectivity index (χ1v) is 15.9. The predicted octanol–water partition coefficient (Wildman–Crippen LogP) is 6.72. The van der Waals surface area contributed by atoms with Crippen LogP contribution in [0.2, 0.25) is 39.3 Å². The van der Waals surface area contributed by atoms with Crippen LogP contribution in [0.5, 0.6) is 0 Å². The molecule has 3 nitrogen and oxygen atoms in total. The molecule has 24 heavy (non-hydrogen) atoms. The highest BCUT2D eigenvalue weighted by Gasteiger charge is 2.27. The molecule has 0 aromatic rings. The van der Waals surface area contributed by atoms with E-state index in [1.807, 2.05) is 52.3 Å². The molecule has 0 aliphatic heterocycles. The van der Waals surface area contributed by atoms with Crippen LogP contribution < -0.4 is 0 Å². The number of halogens is 1. The number of hydrogen-bond acceptors (Lipinski definition) is 3. The largest absolute Gasteiger partial charge is 0.542 e. The van der Waals surface area contributed by atoms with Crippen molar-refractivity contribution in [3.63, 3.8) is 0 Å². The Balaban J connectivity index is 5.38. The molecule has 0 unspecified atom stereocenters. The van der Waals surface area contributed by atoms with Gasteiger partial charge >= 0.3 is 5.95 Å². The van der Waals surface area contributed by atoms with Crippen LogP contribution in [0, 0.1) is 0 Å². The third-order valence-electron chi connectivity index (χ3n) is 2.87. The molecule has 0 saturated heterocycles. The van der Waals surface area contributed by atoms with Crippen LogP contribution in [0.3, 0.4) is 0 Å². The van der Waals surface area contributed by atoms with E-state index in [1.165, 1.54) is 12.8 Å². The highest BCUT2D eigenvalue weighted by atomic mass is 28.4. The third-order valence-corrected chi connectivity index (χ3v) is 4.50. The minimum atomic E-state index is -1.97. The number of unbranched alkanes of at least 4 members (excludes halogenated alkanes) is 4. The highest BCUT2D eigenvalue weighted by Crippen LogP contribution is 2.26. The van der Waals surface area contributed by atoms with E-state index < -0.39 is 22.5 Å². The molecule has 6 heteroatoms. The van der Waals surface area contributed by atoms with Crippen LogP contribution in [0.25, 0.3) is 0 Å². The Kier molecular flexibility index (Phi) is 10.6. The molecule has 0 saturated carbocycles. The maximum Gasteiger partial charge on any atom is 0.306 e. The first kappa shape index (κ1) is 23.2. The first-order valence-electron chi connectivity index (χ1n) is 9.11. The van der Waals surface area contributed by atoms with E-state index in [1.54, 1.807) is 0 Å². The van der Waals surface area contributed by atoms with Gasteiger partial charge in [-0.1, -0.05) is 26.2 Å². The van der Waals surface area contributed by atoms with E-state index in [-0.39, 0.29) is 11.7 Å². The van der Waals surface area contributed by atoms with E-state index in [2.05, 4.69) is 6.92 Å². The van der Waals surface area contributed by atoms with E-state index in [4.69, 9.17) is 13.6 Å². The summed E-state index contributed by atoms with van der Waals surface area (Å²) in [4.78, 5) is 0. The summed E-state index contributed by atoms with van der Waals surface area (Å²) in [6.07, 6.45) is 7.25. The van der Waals surface area contributed by atoms with Crippen LogP contribution in [0.4, 0.5) is 4.39 Å². The van der Waals surface area contributed by atoms with Crippen molar-refractivity contribution in [1.29, 1.82) is 0 Å². The molecule has 0 radical (unpaired) electrons. The van der Waals surface area contributed by atoms with Gasteiger partial charge in [0.05, 0.1) is 6.61 Å². The first-order chi connectivity index (χ1) is 11.0. The number of rotatable bonds is 12. The molecule has 0 fully saturated rings. The molecular weight excluding hydrogens is 339 g/mol. The van der Waals surface area contributed by atoms with Gasteiger partial charge in [-0.2, -0.15) is 4.39 Å². The SMILES string of the molecule is CCCCCC/C=C(O[Si](C)(C)C)\C(F)=C(\OCC)O[Si](C)(C)C. The monoisotopic (exact) mass is 376 g/mol. The van der Waals surface area contributed by atoms with Crippen molar-refractivity contribution in [2.45, 2.75) is 85.2 Å². The fraction of sp³-hybridized carbons (Fsp3) is 0.778. The Morgan fingerprint density at radius 2 is 1.46 bits per heavy atom. The van der Waals surface area contributed by atoms with Gasteiger partial charge in [0, 0.05) is 0 Å². The van der Waals surface area contributed by atoms with Crippen molar-refractivity contribution < 1.29 is 18.0 Å². The van der Waals surface area contributed by atoms with Crippen molar-refractivity contribution in [3.8, 4) is 0 Å². The third kappa shape index (κ3) is 11.7. The Hall–Kier alpha value is -0.756. The number of allylic oxidation sites excluding steroid dienone is 2. The highest BCUT2D eigenvalue weighted by molar-refractivity contribution is 6.70. The second-order valence-corrected chi connectivity index (χ2v) is 16.7. The molecule has 0 spiro atoms. The summed E-state index contributed by atoms with van der Waals surface area (Å²) in [6, 6.07) is 0. The molecule has 142 valence electrons. The minimum absolute atomic E-state index is 0.0188. The molecule has 0 heterocycles. The van der Waals surface area contributed by atoms with Crippen LogP contribution in [0.15, 0.2) is 23.6 Å². The molecule has 0 aliphatic rings. The average Bonchev–Trinajstić information content (AvgIpc) is 2.42. The maximum atomic E-state index is 15.0. The van der Waals surface area contributed by atoms with E-state index >= 15 is 4.39 Å². The van der Waals surface area contributed by atoms with Crippen molar-refractivity contribution >= 4 is 16.6 Å². The van der Waals surface area contributed by atoms with Crippen LogP contribution in [-0.4, -0.2) is 23.2 Å². The summed E-state index contributed by atoms with van der Waals surface area (Å²) in [6.45, 7) is 16.5. The Morgan fingerprint density at radius 3 is 1.92 bits per heavy atom. The molecule has 0 aromatic heterocycles. The van der Waals surface area contributed by atoms with Gasteiger partial charge in [0.2, 0.25) is 22.5 Å². The standard InChI is InChI=1S/C18H37FO3Si2/c1-9-11-12-13-14-15-16(21-23(3,4)5)17(19)18(20-10-2)22-24(6,7)8/h15H,9-14H2,1-8H3/b16-15+,18-17+. The molecule has 0 atom stereocenters. The van der Waals surface area contributed by atoms with Crippen molar-refractivity contribution in [3.05, 3.63) is 23.6 Å².